The van der Waals surface area contributed by atoms with E-state index in [1.54, 1.807) is 16.4 Å². The monoisotopic (exact) mass is 324 g/mol. The zero-order chi connectivity index (χ0) is 15.2. The van der Waals surface area contributed by atoms with Crippen LogP contribution in [0.1, 0.15) is 24.2 Å². The first kappa shape index (κ1) is 14.6. The molecule has 0 aliphatic carbocycles. The molecule has 21 heavy (non-hydrogen) atoms. The van der Waals surface area contributed by atoms with Gasteiger partial charge in [0, 0.05) is 30.0 Å². The quantitative estimate of drug-likeness (QED) is 0.851. The standard InChI is InChI=1S/C15H17ClN2O2S/c1-11-5-6-13(10-14(11)16)21(19,20)18-9-8-17-7-3-4-15(17)12(18)2/h3-7,10,12H,8-9H2,1-2H3. The van der Waals surface area contributed by atoms with E-state index in [9.17, 15) is 8.42 Å². The molecule has 1 aliphatic heterocycles. The van der Waals surface area contributed by atoms with Crippen molar-refractivity contribution in [1.29, 1.82) is 0 Å². The van der Waals surface area contributed by atoms with E-state index in [2.05, 4.69) is 4.57 Å². The molecule has 6 heteroatoms. The van der Waals surface area contributed by atoms with Crippen LogP contribution in [-0.4, -0.2) is 23.8 Å². The Morgan fingerprint density at radius 3 is 2.71 bits per heavy atom. The molecule has 0 radical (unpaired) electrons. The van der Waals surface area contributed by atoms with Crippen molar-refractivity contribution in [3.8, 4) is 0 Å². The number of hydrogen-bond acceptors (Lipinski definition) is 2. The fourth-order valence-corrected chi connectivity index (χ4v) is 4.62. The van der Waals surface area contributed by atoms with E-state index in [0.29, 0.717) is 18.1 Å². The van der Waals surface area contributed by atoms with Crippen molar-refractivity contribution in [3.05, 3.63) is 52.8 Å². The highest BCUT2D eigenvalue weighted by molar-refractivity contribution is 7.89. The lowest BCUT2D eigenvalue weighted by Crippen LogP contribution is -2.40. The number of benzene rings is 1. The normalized spacial score (nSPS) is 19.5. The van der Waals surface area contributed by atoms with Gasteiger partial charge in [-0.05, 0) is 43.7 Å². The average Bonchev–Trinajstić information content (AvgIpc) is 2.91. The largest absolute Gasteiger partial charge is 0.349 e. The maximum Gasteiger partial charge on any atom is 0.243 e. The number of nitrogens with zero attached hydrogens (tertiary/aromatic N) is 2. The molecule has 112 valence electrons. The molecule has 1 aromatic heterocycles. The van der Waals surface area contributed by atoms with Gasteiger partial charge in [-0.15, -0.1) is 0 Å². The maximum absolute atomic E-state index is 12.9. The zero-order valence-electron chi connectivity index (χ0n) is 12.0. The van der Waals surface area contributed by atoms with Crippen LogP contribution in [-0.2, 0) is 16.6 Å². The second-order valence-corrected chi connectivity index (χ2v) is 7.63. The Morgan fingerprint density at radius 1 is 1.24 bits per heavy atom. The number of aromatic nitrogens is 1. The van der Waals surface area contributed by atoms with Crippen LogP contribution in [0, 0.1) is 6.92 Å². The number of rotatable bonds is 2. The van der Waals surface area contributed by atoms with Crippen molar-refractivity contribution < 1.29 is 8.42 Å². The summed E-state index contributed by atoms with van der Waals surface area (Å²) in [6.45, 7) is 4.91. The highest BCUT2D eigenvalue weighted by Gasteiger charge is 2.33. The molecule has 0 spiro atoms. The first-order valence-corrected chi connectivity index (χ1v) is 8.66. The number of hydrogen-bond donors (Lipinski definition) is 0. The SMILES string of the molecule is Cc1ccc(S(=O)(=O)N2CCn3cccc3C2C)cc1Cl. The molecule has 3 rings (SSSR count). The number of aryl methyl sites for hydroxylation is 1. The molecule has 4 nitrogen and oxygen atoms in total. The minimum atomic E-state index is -3.54. The van der Waals surface area contributed by atoms with E-state index >= 15 is 0 Å². The molecule has 2 aromatic rings. The second-order valence-electron chi connectivity index (χ2n) is 5.33. The third-order valence-corrected chi connectivity index (χ3v) is 6.41. The Morgan fingerprint density at radius 2 is 2.00 bits per heavy atom. The van der Waals surface area contributed by atoms with Crippen LogP contribution in [0.3, 0.4) is 0 Å². The molecular formula is C15H17ClN2O2S. The van der Waals surface area contributed by atoms with Crippen LogP contribution in [0.2, 0.25) is 5.02 Å². The lowest BCUT2D eigenvalue weighted by molar-refractivity contribution is 0.282. The second kappa shape index (κ2) is 5.16. The first-order chi connectivity index (χ1) is 9.91. The molecule has 0 fully saturated rings. The van der Waals surface area contributed by atoms with Gasteiger partial charge < -0.3 is 4.57 Å². The molecule has 1 atom stereocenters. The van der Waals surface area contributed by atoms with Crippen molar-refractivity contribution in [3.63, 3.8) is 0 Å². The fourth-order valence-electron chi connectivity index (χ4n) is 2.76. The predicted molar refractivity (Wildman–Crippen MR) is 82.9 cm³/mol. The van der Waals surface area contributed by atoms with E-state index in [4.69, 9.17) is 11.6 Å². The third-order valence-electron chi connectivity index (χ3n) is 4.04. The number of sulfonamides is 1. The van der Waals surface area contributed by atoms with Gasteiger partial charge in [0.2, 0.25) is 10.0 Å². The number of fused-ring (bicyclic) bond motifs is 1. The first-order valence-electron chi connectivity index (χ1n) is 6.84. The lowest BCUT2D eigenvalue weighted by atomic mass is 10.2. The summed E-state index contributed by atoms with van der Waals surface area (Å²) in [5, 5.41) is 0.476. The Balaban J connectivity index is 2.01. The van der Waals surface area contributed by atoms with Crippen molar-refractivity contribution in [2.75, 3.05) is 6.54 Å². The van der Waals surface area contributed by atoms with Crippen LogP contribution in [0.5, 0.6) is 0 Å². The van der Waals surface area contributed by atoms with Gasteiger partial charge in [-0.2, -0.15) is 4.31 Å². The van der Waals surface area contributed by atoms with Crippen molar-refractivity contribution in [1.82, 2.24) is 8.87 Å². The number of halogens is 1. The fraction of sp³-hybridized carbons (Fsp3) is 0.333. The minimum Gasteiger partial charge on any atom is -0.349 e. The summed E-state index contributed by atoms with van der Waals surface area (Å²) in [5.74, 6) is 0. The summed E-state index contributed by atoms with van der Waals surface area (Å²) in [6.07, 6.45) is 1.98. The van der Waals surface area contributed by atoms with Gasteiger partial charge in [-0.3, -0.25) is 0 Å². The summed E-state index contributed by atoms with van der Waals surface area (Å²) in [4.78, 5) is 0.255. The average molecular weight is 325 g/mol. The van der Waals surface area contributed by atoms with Crippen LogP contribution in [0.15, 0.2) is 41.4 Å². The van der Waals surface area contributed by atoms with Gasteiger partial charge in [-0.25, -0.2) is 8.42 Å². The van der Waals surface area contributed by atoms with Crippen LogP contribution in [0.4, 0.5) is 0 Å². The molecule has 0 saturated carbocycles. The van der Waals surface area contributed by atoms with Gasteiger partial charge >= 0.3 is 0 Å². The Hall–Kier alpha value is -1.30. The summed E-state index contributed by atoms with van der Waals surface area (Å²) in [5.41, 5.74) is 1.89. The molecule has 0 saturated heterocycles. The minimum absolute atomic E-state index is 0.182. The third kappa shape index (κ3) is 2.39. The van der Waals surface area contributed by atoms with Crippen molar-refractivity contribution in [2.24, 2.45) is 0 Å². The molecule has 2 heterocycles. The molecule has 1 unspecified atom stereocenters. The van der Waals surface area contributed by atoms with E-state index in [0.717, 1.165) is 11.3 Å². The smallest absolute Gasteiger partial charge is 0.243 e. The van der Waals surface area contributed by atoms with E-state index < -0.39 is 10.0 Å². The molecule has 1 aromatic carbocycles. The van der Waals surface area contributed by atoms with Crippen molar-refractivity contribution >= 4 is 21.6 Å². The van der Waals surface area contributed by atoms with Crippen molar-refractivity contribution in [2.45, 2.75) is 31.3 Å². The summed E-state index contributed by atoms with van der Waals surface area (Å²) in [7, 11) is -3.54. The Labute approximate surface area is 130 Å². The van der Waals surface area contributed by atoms with Gasteiger partial charge in [-0.1, -0.05) is 17.7 Å². The lowest BCUT2D eigenvalue weighted by Gasteiger charge is -2.33. The van der Waals surface area contributed by atoms with Gasteiger partial charge in [0.15, 0.2) is 0 Å². The Kier molecular flexibility index (Phi) is 3.59. The molecule has 1 aliphatic rings. The van der Waals surface area contributed by atoms with E-state index in [1.165, 1.54) is 6.07 Å². The van der Waals surface area contributed by atoms with E-state index in [-0.39, 0.29) is 10.9 Å². The highest BCUT2D eigenvalue weighted by Crippen LogP contribution is 2.32. The topological polar surface area (TPSA) is 42.3 Å². The molecule has 0 bridgehead atoms. The summed E-state index contributed by atoms with van der Waals surface area (Å²) in [6, 6.07) is 8.63. The Bertz CT molecular complexity index is 783. The maximum atomic E-state index is 12.9. The zero-order valence-corrected chi connectivity index (χ0v) is 13.5. The molecular weight excluding hydrogens is 308 g/mol. The van der Waals surface area contributed by atoms with Gasteiger partial charge in [0.05, 0.1) is 10.9 Å². The molecule has 0 N–H and O–H groups in total. The van der Waals surface area contributed by atoms with Crippen LogP contribution < -0.4 is 0 Å². The van der Waals surface area contributed by atoms with Crippen LogP contribution in [0.25, 0.3) is 0 Å². The van der Waals surface area contributed by atoms with Gasteiger partial charge in [0.25, 0.3) is 0 Å². The molecule has 0 amide bonds. The van der Waals surface area contributed by atoms with E-state index in [1.807, 2.05) is 32.2 Å². The highest BCUT2D eigenvalue weighted by atomic mass is 35.5. The summed E-state index contributed by atoms with van der Waals surface area (Å²) >= 11 is 6.07. The van der Waals surface area contributed by atoms with Crippen LogP contribution >= 0.6 is 11.6 Å². The summed E-state index contributed by atoms with van der Waals surface area (Å²) < 4.78 is 29.3. The predicted octanol–water partition coefficient (Wildman–Crippen LogP) is 3.22. The van der Waals surface area contributed by atoms with Gasteiger partial charge in [0.1, 0.15) is 0 Å².